The predicted octanol–water partition coefficient (Wildman–Crippen LogP) is 2.53. The van der Waals surface area contributed by atoms with Gasteiger partial charge in [-0.1, -0.05) is 44.8 Å². The van der Waals surface area contributed by atoms with Crippen molar-refractivity contribution in [3.05, 3.63) is 0 Å². The van der Waals surface area contributed by atoms with Gasteiger partial charge in [0.25, 0.3) is 0 Å². The number of thiocarbonyl (C=S) groups is 1. The first-order chi connectivity index (χ1) is 8.56. The molecular weight excluding hydrogens is 244 g/mol. The van der Waals surface area contributed by atoms with Crippen LogP contribution in [0.2, 0.25) is 0 Å². The Morgan fingerprint density at radius 1 is 1.22 bits per heavy atom. The first-order valence-corrected chi connectivity index (χ1v) is 7.58. The van der Waals surface area contributed by atoms with E-state index in [1.54, 1.807) is 0 Å². The first-order valence-electron chi connectivity index (χ1n) is 7.17. The van der Waals surface area contributed by atoms with Crippen LogP contribution < -0.4 is 11.1 Å². The lowest BCUT2D eigenvalue weighted by atomic mass is 9.82. The van der Waals surface area contributed by atoms with Crippen molar-refractivity contribution < 1.29 is 4.79 Å². The van der Waals surface area contributed by atoms with E-state index in [2.05, 4.69) is 12.2 Å². The van der Waals surface area contributed by atoms with Crippen LogP contribution in [0.5, 0.6) is 0 Å². The minimum Gasteiger partial charge on any atom is -0.392 e. The summed E-state index contributed by atoms with van der Waals surface area (Å²) in [6.07, 6.45) is 8.59. The second kappa shape index (κ2) is 5.55. The zero-order chi connectivity index (χ0) is 13.2. The van der Waals surface area contributed by atoms with Gasteiger partial charge in [-0.2, -0.15) is 0 Å². The van der Waals surface area contributed by atoms with Gasteiger partial charge in [0.15, 0.2) is 0 Å². The van der Waals surface area contributed by atoms with E-state index in [-0.39, 0.29) is 5.91 Å². The second-order valence-corrected chi connectivity index (χ2v) is 6.43. The average molecular weight is 268 g/mol. The molecule has 3 N–H and O–H groups in total. The fourth-order valence-electron chi connectivity index (χ4n) is 3.40. The van der Waals surface area contributed by atoms with Crippen LogP contribution in [-0.2, 0) is 4.79 Å². The van der Waals surface area contributed by atoms with E-state index in [0.29, 0.717) is 16.9 Å². The fourth-order valence-corrected chi connectivity index (χ4v) is 3.70. The van der Waals surface area contributed by atoms with Crippen molar-refractivity contribution in [2.75, 3.05) is 0 Å². The van der Waals surface area contributed by atoms with Gasteiger partial charge >= 0.3 is 0 Å². The van der Waals surface area contributed by atoms with Gasteiger partial charge in [-0.15, -0.1) is 0 Å². The number of carbonyl (C=O) groups is 1. The Bertz CT molecular complexity index is 337. The third-order valence-electron chi connectivity index (χ3n) is 4.79. The van der Waals surface area contributed by atoms with Gasteiger partial charge in [0.2, 0.25) is 5.91 Å². The van der Waals surface area contributed by atoms with Gasteiger partial charge in [-0.25, -0.2) is 0 Å². The quantitative estimate of drug-likeness (QED) is 0.773. The van der Waals surface area contributed by atoms with Crippen LogP contribution in [0.1, 0.15) is 58.3 Å². The van der Waals surface area contributed by atoms with Gasteiger partial charge in [-0.05, 0) is 31.6 Å². The highest BCUT2D eigenvalue weighted by atomic mass is 32.1. The number of hydrogen-bond donors (Lipinski definition) is 2. The minimum absolute atomic E-state index is 0.0891. The van der Waals surface area contributed by atoms with Gasteiger partial charge in [0.05, 0.1) is 10.4 Å². The molecule has 0 radical (unpaired) electrons. The molecule has 2 aliphatic rings. The number of nitrogens with two attached hydrogens (primary N) is 1. The summed E-state index contributed by atoms with van der Waals surface area (Å²) in [5.41, 5.74) is 5.29. The monoisotopic (exact) mass is 268 g/mol. The van der Waals surface area contributed by atoms with E-state index >= 15 is 0 Å². The van der Waals surface area contributed by atoms with Crippen molar-refractivity contribution >= 4 is 23.1 Å². The van der Waals surface area contributed by atoms with Crippen LogP contribution in [0.15, 0.2) is 0 Å². The topological polar surface area (TPSA) is 55.1 Å². The smallest absolute Gasteiger partial charge is 0.233 e. The molecule has 18 heavy (non-hydrogen) atoms. The first kappa shape index (κ1) is 13.8. The number of hydrogen-bond acceptors (Lipinski definition) is 2. The van der Waals surface area contributed by atoms with E-state index in [1.807, 2.05) is 0 Å². The number of amides is 1. The van der Waals surface area contributed by atoms with Crippen molar-refractivity contribution in [1.82, 2.24) is 5.32 Å². The molecule has 2 saturated carbocycles. The maximum Gasteiger partial charge on any atom is 0.233 e. The SMILES string of the molecule is CC1CCCCC1NC(=O)C1(C(N)=S)CCCC1. The van der Waals surface area contributed by atoms with Crippen LogP contribution in [0.3, 0.4) is 0 Å². The Morgan fingerprint density at radius 2 is 1.83 bits per heavy atom. The Balaban J connectivity index is 2.03. The molecule has 0 aromatic heterocycles. The molecule has 0 saturated heterocycles. The molecule has 0 bridgehead atoms. The van der Waals surface area contributed by atoms with Crippen LogP contribution in [0, 0.1) is 11.3 Å². The molecule has 1 amide bonds. The molecule has 4 heteroatoms. The minimum atomic E-state index is -0.549. The molecule has 0 spiro atoms. The summed E-state index contributed by atoms with van der Waals surface area (Å²) in [5.74, 6) is 0.666. The summed E-state index contributed by atoms with van der Waals surface area (Å²) in [6.45, 7) is 2.23. The van der Waals surface area contributed by atoms with Crippen molar-refractivity contribution in [2.24, 2.45) is 17.1 Å². The lowest BCUT2D eigenvalue weighted by Crippen LogP contribution is -2.52. The number of nitrogens with one attached hydrogen (secondary N) is 1. The molecule has 0 heterocycles. The molecule has 102 valence electrons. The van der Waals surface area contributed by atoms with Crippen molar-refractivity contribution in [3.8, 4) is 0 Å². The van der Waals surface area contributed by atoms with E-state index in [0.717, 1.165) is 32.1 Å². The summed E-state index contributed by atoms with van der Waals surface area (Å²) in [6, 6.07) is 0.318. The average Bonchev–Trinajstić information content (AvgIpc) is 2.82. The van der Waals surface area contributed by atoms with E-state index in [9.17, 15) is 4.79 Å². The van der Waals surface area contributed by atoms with Crippen molar-refractivity contribution in [3.63, 3.8) is 0 Å². The van der Waals surface area contributed by atoms with Crippen LogP contribution in [0.25, 0.3) is 0 Å². The van der Waals surface area contributed by atoms with E-state index in [1.165, 1.54) is 19.3 Å². The normalized spacial score (nSPS) is 30.9. The molecule has 2 fully saturated rings. The second-order valence-electron chi connectivity index (χ2n) is 6.00. The third kappa shape index (κ3) is 2.53. The standard InChI is InChI=1S/C14H24N2OS/c1-10-6-2-3-7-11(10)16-13(17)14(12(15)18)8-4-5-9-14/h10-11H,2-9H2,1H3,(H2,15,18)(H,16,17). The molecule has 2 aliphatic carbocycles. The largest absolute Gasteiger partial charge is 0.392 e. The van der Waals surface area contributed by atoms with E-state index < -0.39 is 5.41 Å². The number of carbonyl (C=O) groups excluding carboxylic acids is 1. The highest BCUT2D eigenvalue weighted by Gasteiger charge is 2.44. The molecule has 2 atom stereocenters. The Kier molecular flexibility index (Phi) is 4.25. The molecule has 2 unspecified atom stereocenters. The lowest BCUT2D eigenvalue weighted by Gasteiger charge is -2.34. The summed E-state index contributed by atoms with van der Waals surface area (Å²) in [4.78, 5) is 12.9. The maximum absolute atomic E-state index is 12.5. The lowest BCUT2D eigenvalue weighted by molar-refractivity contribution is -0.128. The van der Waals surface area contributed by atoms with Gasteiger partial charge < -0.3 is 11.1 Å². The van der Waals surface area contributed by atoms with Gasteiger partial charge in [0, 0.05) is 6.04 Å². The van der Waals surface area contributed by atoms with E-state index in [4.69, 9.17) is 18.0 Å². The van der Waals surface area contributed by atoms with Crippen molar-refractivity contribution in [2.45, 2.75) is 64.3 Å². The summed E-state index contributed by atoms with van der Waals surface area (Å²) in [7, 11) is 0. The van der Waals surface area contributed by atoms with Crippen molar-refractivity contribution in [1.29, 1.82) is 0 Å². The zero-order valence-electron chi connectivity index (χ0n) is 11.2. The molecule has 2 rings (SSSR count). The Labute approximate surface area is 115 Å². The fraction of sp³-hybridized carbons (Fsp3) is 0.857. The highest BCUT2D eigenvalue weighted by Crippen LogP contribution is 2.39. The summed E-state index contributed by atoms with van der Waals surface area (Å²) >= 11 is 5.16. The van der Waals surface area contributed by atoms with Crippen LogP contribution in [0.4, 0.5) is 0 Å². The van der Waals surface area contributed by atoms with Crippen LogP contribution in [-0.4, -0.2) is 16.9 Å². The summed E-state index contributed by atoms with van der Waals surface area (Å²) < 4.78 is 0. The Hall–Kier alpha value is -0.640. The zero-order valence-corrected chi connectivity index (χ0v) is 12.0. The highest BCUT2D eigenvalue weighted by molar-refractivity contribution is 7.80. The number of rotatable bonds is 3. The van der Waals surface area contributed by atoms with Gasteiger partial charge in [-0.3, -0.25) is 4.79 Å². The molecule has 3 nitrogen and oxygen atoms in total. The molecular formula is C14H24N2OS. The summed E-state index contributed by atoms with van der Waals surface area (Å²) in [5, 5.41) is 3.23. The third-order valence-corrected chi connectivity index (χ3v) is 5.18. The predicted molar refractivity (Wildman–Crippen MR) is 77.2 cm³/mol. The van der Waals surface area contributed by atoms with Crippen LogP contribution >= 0.6 is 12.2 Å². The maximum atomic E-state index is 12.5. The van der Waals surface area contributed by atoms with Gasteiger partial charge in [0.1, 0.15) is 0 Å². The molecule has 0 aliphatic heterocycles. The molecule has 0 aromatic carbocycles. The Morgan fingerprint density at radius 3 is 2.39 bits per heavy atom. The molecule has 0 aromatic rings.